The third-order valence-corrected chi connectivity index (χ3v) is 5.68. The normalized spacial score (nSPS) is 29.7. The highest BCUT2D eigenvalue weighted by Crippen LogP contribution is 2.43. The molecule has 0 spiro atoms. The Labute approximate surface area is 138 Å². The van der Waals surface area contributed by atoms with E-state index in [0.717, 1.165) is 38.8 Å². The van der Waals surface area contributed by atoms with Crippen LogP contribution >= 0.6 is 0 Å². The van der Waals surface area contributed by atoms with Gasteiger partial charge >= 0.3 is 0 Å². The van der Waals surface area contributed by atoms with Gasteiger partial charge in [0.2, 0.25) is 0 Å². The highest BCUT2D eigenvalue weighted by molar-refractivity contribution is 5.92. The number of carbonyl (C=O) groups is 1. The number of benzene rings is 2. The van der Waals surface area contributed by atoms with E-state index in [2.05, 4.69) is 53.4 Å². The highest BCUT2D eigenvalue weighted by atomic mass is 16.1. The quantitative estimate of drug-likeness (QED) is 0.861. The van der Waals surface area contributed by atoms with E-state index in [4.69, 9.17) is 0 Å². The maximum absolute atomic E-state index is 13.3. The molecule has 2 bridgehead atoms. The van der Waals surface area contributed by atoms with Gasteiger partial charge in [0.1, 0.15) is 0 Å². The lowest BCUT2D eigenvalue weighted by Crippen LogP contribution is -2.62. The fraction of sp³-hybridized carbons (Fsp3) is 0.381. The molecule has 5 rings (SSSR count). The molecule has 0 radical (unpaired) electrons. The van der Waals surface area contributed by atoms with E-state index in [1.54, 1.807) is 0 Å². The molecule has 3 aliphatic heterocycles. The molecule has 3 aliphatic rings. The van der Waals surface area contributed by atoms with E-state index < -0.39 is 0 Å². The van der Waals surface area contributed by atoms with Crippen molar-refractivity contribution in [1.82, 2.24) is 4.90 Å². The minimum absolute atomic E-state index is 0.0728. The van der Waals surface area contributed by atoms with Crippen LogP contribution in [-0.2, 0) is 17.6 Å². The number of nitrogens with zero attached hydrogens (tertiary/aromatic N) is 1. The molecule has 118 valence electrons. The largest absolute Gasteiger partial charge is 0.297 e. The van der Waals surface area contributed by atoms with Crippen molar-refractivity contribution in [3.8, 4) is 0 Å². The number of hydrogen-bond donors (Lipinski definition) is 0. The van der Waals surface area contributed by atoms with Gasteiger partial charge in [0, 0.05) is 5.41 Å². The van der Waals surface area contributed by atoms with Crippen molar-refractivity contribution >= 4 is 5.78 Å². The number of fused-ring (bicyclic) bond motifs is 3. The molecule has 0 saturated carbocycles. The van der Waals surface area contributed by atoms with Gasteiger partial charge in [-0.3, -0.25) is 9.69 Å². The smallest absolute Gasteiger partial charge is 0.156 e. The van der Waals surface area contributed by atoms with E-state index in [1.165, 1.54) is 11.1 Å². The van der Waals surface area contributed by atoms with Gasteiger partial charge in [-0.1, -0.05) is 60.7 Å². The molecule has 23 heavy (non-hydrogen) atoms. The summed E-state index contributed by atoms with van der Waals surface area (Å²) in [6, 6.07) is 21.0. The van der Waals surface area contributed by atoms with Crippen LogP contribution in [0.15, 0.2) is 60.7 Å². The number of rotatable bonds is 4. The Morgan fingerprint density at radius 2 is 1.43 bits per heavy atom. The maximum atomic E-state index is 13.3. The molecule has 0 aromatic heterocycles. The van der Waals surface area contributed by atoms with Gasteiger partial charge in [-0.25, -0.2) is 0 Å². The number of Topliss-reactive ketones (excluding diaryl/α,β-unsaturated/α-hetero) is 1. The Hall–Kier alpha value is -1.93. The molecule has 3 heterocycles. The molecule has 0 amide bonds. The Morgan fingerprint density at radius 1 is 0.870 bits per heavy atom. The van der Waals surface area contributed by atoms with Crippen molar-refractivity contribution in [1.29, 1.82) is 0 Å². The minimum atomic E-state index is -0.129. The van der Waals surface area contributed by atoms with Gasteiger partial charge in [-0.2, -0.15) is 0 Å². The second-order valence-electron chi connectivity index (χ2n) is 7.05. The first kappa shape index (κ1) is 14.6. The predicted molar refractivity (Wildman–Crippen MR) is 92.3 cm³/mol. The van der Waals surface area contributed by atoms with Crippen molar-refractivity contribution in [3.63, 3.8) is 0 Å². The number of ketones is 1. The van der Waals surface area contributed by atoms with Crippen LogP contribution in [0.3, 0.4) is 0 Å². The van der Waals surface area contributed by atoms with Crippen LogP contribution in [0.5, 0.6) is 0 Å². The number of piperidine rings is 3. The molecule has 1 unspecified atom stereocenters. The average molecular weight is 305 g/mol. The van der Waals surface area contributed by atoms with Gasteiger partial charge in [0.15, 0.2) is 5.78 Å². The van der Waals surface area contributed by atoms with Crippen LogP contribution in [0.2, 0.25) is 0 Å². The Kier molecular flexibility index (Phi) is 3.78. The van der Waals surface area contributed by atoms with Crippen LogP contribution < -0.4 is 0 Å². The van der Waals surface area contributed by atoms with Gasteiger partial charge < -0.3 is 0 Å². The molecule has 3 fully saturated rings. The molecule has 2 aromatic rings. The molecule has 1 atom stereocenters. The van der Waals surface area contributed by atoms with E-state index in [9.17, 15) is 4.79 Å². The summed E-state index contributed by atoms with van der Waals surface area (Å²) in [4.78, 5) is 15.7. The van der Waals surface area contributed by atoms with Crippen LogP contribution in [0.25, 0.3) is 0 Å². The summed E-state index contributed by atoms with van der Waals surface area (Å²) >= 11 is 0. The molecule has 0 N–H and O–H groups in total. The molecular formula is C21H23NO. The van der Waals surface area contributed by atoms with Crippen LogP contribution in [0.4, 0.5) is 0 Å². The summed E-state index contributed by atoms with van der Waals surface area (Å²) < 4.78 is 0. The maximum Gasteiger partial charge on any atom is 0.156 e. The second-order valence-corrected chi connectivity index (χ2v) is 7.05. The van der Waals surface area contributed by atoms with Crippen molar-refractivity contribution in [3.05, 3.63) is 71.8 Å². The molecular weight excluding hydrogens is 282 g/mol. The van der Waals surface area contributed by atoms with E-state index >= 15 is 0 Å². The Morgan fingerprint density at radius 3 is 2.04 bits per heavy atom. The number of carbonyl (C=O) groups excluding carboxylic acids is 1. The molecule has 0 aliphatic carbocycles. The second kappa shape index (κ2) is 5.93. The first-order valence-electron chi connectivity index (χ1n) is 8.63. The molecule has 2 heteroatoms. The fourth-order valence-corrected chi connectivity index (χ4v) is 4.34. The molecule has 2 nitrogen and oxygen atoms in total. The van der Waals surface area contributed by atoms with Crippen molar-refractivity contribution in [2.75, 3.05) is 13.1 Å². The fourth-order valence-electron chi connectivity index (χ4n) is 4.34. The van der Waals surface area contributed by atoms with E-state index in [1.807, 2.05) is 12.1 Å². The van der Waals surface area contributed by atoms with Crippen LogP contribution in [0.1, 0.15) is 24.0 Å². The Bertz CT molecular complexity index is 672. The van der Waals surface area contributed by atoms with Crippen LogP contribution in [-0.4, -0.2) is 29.8 Å². The third kappa shape index (κ3) is 2.72. The summed E-state index contributed by atoms with van der Waals surface area (Å²) in [7, 11) is 0. The van der Waals surface area contributed by atoms with Crippen LogP contribution in [0, 0.1) is 5.41 Å². The summed E-state index contributed by atoms with van der Waals surface area (Å²) in [5.74, 6) is 0.475. The topological polar surface area (TPSA) is 20.3 Å². The Balaban J connectivity index is 1.58. The lowest BCUT2D eigenvalue weighted by Gasteiger charge is -2.51. The van der Waals surface area contributed by atoms with E-state index in [-0.39, 0.29) is 11.5 Å². The number of hydrogen-bond acceptors (Lipinski definition) is 2. The summed E-state index contributed by atoms with van der Waals surface area (Å²) in [6.45, 7) is 2.13. The zero-order valence-electron chi connectivity index (χ0n) is 13.4. The van der Waals surface area contributed by atoms with Gasteiger partial charge in [0.25, 0.3) is 0 Å². The van der Waals surface area contributed by atoms with Gasteiger partial charge in [-0.15, -0.1) is 0 Å². The highest BCUT2D eigenvalue weighted by Gasteiger charge is 2.51. The predicted octanol–water partition coefficient (Wildman–Crippen LogP) is 3.51. The standard InChI is InChI=1S/C21H23NO/c23-20-19(15-17-7-3-1-4-8-17)22-13-11-21(20,12-14-22)16-18-9-5-2-6-10-18/h1-10,19H,11-16H2. The molecule has 2 aromatic carbocycles. The lowest BCUT2D eigenvalue weighted by molar-refractivity contribution is -0.147. The lowest BCUT2D eigenvalue weighted by atomic mass is 9.64. The zero-order chi connectivity index (χ0) is 15.7. The minimum Gasteiger partial charge on any atom is -0.297 e. The first-order chi connectivity index (χ1) is 11.3. The third-order valence-electron chi connectivity index (χ3n) is 5.68. The van der Waals surface area contributed by atoms with Crippen molar-refractivity contribution in [2.45, 2.75) is 31.7 Å². The summed E-state index contributed by atoms with van der Waals surface area (Å²) in [5.41, 5.74) is 2.44. The average Bonchev–Trinajstić information content (AvgIpc) is 2.61. The summed E-state index contributed by atoms with van der Waals surface area (Å²) in [5, 5.41) is 0. The van der Waals surface area contributed by atoms with Gasteiger partial charge in [0.05, 0.1) is 6.04 Å². The summed E-state index contributed by atoms with van der Waals surface area (Å²) in [6.07, 6.45) is 3.81. The van der Waals surface area contributed by atoms with Crippen molar-refractivity contribution < 1.29 is 4.79 Å². The first-order valence-corrected chi connectivity index (χ1v) is 8.63. The van der Waals surface area contributed by atoms with Crippen molar-refractivity contribution in [2.24, 2.45) is 5.41 Å². The zero-order valence-corrected chi connectivity index (χ0v) is 13.4. The SMILES string of the molecule is O=C1C(Cc2ccccc2)N2CCC1(Cc1ccccc1)CC2. The molecule has 3 saturated heterocycles. The van der Waals surface area contributed by atoms with E-state index in [0.29, 0.717) is 5.78 Å². The van der Waals surface area contributed by atoms with Gasteiger partial charge in [-0.05, 0) is 49.9 Å². The monoisotopic (exact) mass is 305 g/mol.